The van der Waals surface area contributed by atoms with Gasteiger partial charge in [-0.2, -0.15) is 0 Å². The van der Waals surface area contributed by atoms with Crippen molar-refractivity contribution in [1.29, 1.82) is 0 Å². The third-order valence-electron chi connectivity index (χ3n) is 2.12. The third-order valence-corrected chi connectivity index (χ3v) is 2.89. The number of rotatable bonds is 3. The monoisotopic (exact) mass is 301 g/mol. The van der Waals surface area contributed by atoms with E-state index in [1.807, 2.05) is 18.2 Å². The summed E-state index contributed by atoms with van der Waals surface area (Å²) in [5, 5.41) is 3.84. The Morgan fingerprint density at radius 3 is 2.88 bits per heavy atom. The molecular formula is C11H9BrClNO2. The van der Waals surface area contributed by atoms with Crippen LogP contribution < -0.4 is 4.74 Å². The molecule has 1 aromatic heterocycles. The Hall–Kier alpha value is -1.00. The van der Waals surface area contributed by atoms with Crippen molar-refractivity contribution in [3.8, 4) is 17.1 Å². The summed E-state index contributed by atoms with van der Waals surface area (Å²) in [7, 11) is 1.62. The summed E-state index contributed by atoms with van der Waals surface area (Å²) in [6.45, 7) is 0. The van der Waals surface area contributed by atoms with Gasteiger partial charge in [0.2, 0.25) is 0 Å². The summed E-state index contributed by atoms with van der Waals surface area (Å²) in [4.78, 5) is 0. The highest BCUT2D eigenvalue weighted by molar-refractivity contribution is 9.10. The molecule has 2 aromatic rings. The van der Waals surface area contributed by atoms with Crippen molar-refractivity contribution in [2.24, 2.45) is 0 Å². The standard InChI is InChI=1S/C11H9BrClNO2/c1-15-10-3-2-7(12)4-9(10)11-5-8(6-13)14-16-11/h2-5H,6H2,1H3. The average molecular weight is 303 g/mol. The van der Waals surface area contributed by atoms with Crippen LogP contribution in [0.4, 0.5) is 0 Å². The van der Waals surface area contributed by atoms with Crippen LogP contribution in [0.1, 0.15) is 5.69 Å². The zero-order valence-corrected chi connectivity index (χ0v) is 10.9. The first-order valence-electron chi connectivity index (χ1n) is 4.60. The Labute approximate surface area is 106 Å². The minimum atomic E-state index is 0.333. The smallest absolute Gasteiger partial charge is 0.170 e. The van der Waals surface area contributed by atoms with E-state index in [1.165, 1.54) is 0 Å². The molecule has 1 heterocycles. The Morgan fingerprint density at radius 2 is 2.25 bits per heavy atom. The van der Waals surface area contributed by atoms with Crippen LogP contribution in [0.25, 0.3) is 11.3 Å². The largest absolute Gasteiger partial charge is 0.496 e. The van der Waals surface area contributed by atoms with Gasteiger partial charge in [0, 0.05) is 10.5 Å². The minimum Gasteiger partial charge on any atom is -0.496 e. The molecule has 3 nitrogen and oxygen atoms in total. The molecule has 5 heteroatoms. The highest BCUT2D eigenvalue weighted by Crippen LogP contribution is 2.33. The topological polar surface area (TPSA) is 35.3 Å². The molecular weight excluding hydrogens is 293 g/mol. The molecule has 16 heavy (non-hydrogen) atoms. The molecule has 0 spiro atoms. The molecule has 0 saturated heterocycles. The fourth-order valence-electron chi connectivity index (χ4n) is 1.37. The molecule has 1 aromatic carbocycles. The summed E-state index contributed by atoms with van der Waals surface area (Å²) < 4.78 is 11.4. The zero-order valence-electron chi connectivity index (χ0n) is 8.54. The third kappa shape index (κ3) is 2.23. The lowest BCUT2D eigenvalue weighted by atomic mass is 10.1. The Kier molecular flexibility index (Phi) is 3.51. The van der Waals surface area contributed by atoms with Crippen LogP contribution in [-0.2, 0) is 5.88 Å². The average Bonchev–Trinajstić information content (AvgIpc) is 2.77. The molecule has 0 aliphatic rings. The lowest BCUT2D eigenvalue weighted by Gasteiger charge is -2.05. The van der Waals surface area contributed by atoms with E-state index < -0.39 is 0 Å². The first kappa shape index (κ1) is 11.5. The Balaban J connectivity index is 2.49. The van der Waals surface area contributed by atoms with Crippen LogP contribution in [0, 0.1) is 0 Å². The first-order valence-corrected chi connectivity index (χ1v) is 5.93. The zero-order chi connectivity index (χ0) is 11.5. The van der Waals surface area contributed by atoms with E-state index >= 15 is 0 Å². The molecule has 0 aliphatic heterocycles. The van der Waals surface area contributed by atoms with E-state index in [2.05, 4.69) is 21.1 Å². The van der Waals surface area contributed by atoms with E-state index in [4.69, 9.17) is 20.9 Å². The van der Waals surface area contributed by atoms with E-state index in [1.54, 1.807) is 13.2 Å². The molecule has 84 valence electrons. The predicted molar refractivity (Wildman–Crippen MR) is 65.7 cm³/mol. The summed E-state index contributed by atoms with van der Waals surface area (Å²) in [5.41, 5.74) is 1.56. The second-order valence-corrected chi connectivity index (χ2v) is 4.34. The number of halogens is 2. The van der Waals surface area contributed by atoms with Gasteiger partial charge in [0.05, 0.1) is 24.2 Å². The van der Waals surface area contributed by atoms with Crippen molar-refractivity contribution in [3.63, 3.8) is 0 Å². The van der Waals surface area contributed by atoms with Gasteiger partial charge in [-0.15, -0.1) is 11.6 Å². The van der Waals surface area contributed by atoms with Crippen molar-refractivity contribution in [1.82, 2.24) is 5.16 Å². The molecule has 0 unspecified atom stereocenters. The number of hydrogen-bond donors (Lipinski definition) is 0. The number of alkyl halides is 1. The van der Waals surface area contributed by atoms with Gasteiger partial charge in [-0.3, -0.25) is 0 Å². The Bertz CT molecular complexity index is 498. The number of methoxy groups -OCH3 is 1. The number of benzene rings is 1. The lowest BCUT2D eigenvalue weighted by molar-refractivity contribution is 0.404. The summed E-state index contributed by atoms with van der Waals surface area (Å²) in [6, 6.07) is 7.48. The molecule has 0 aliphatic carbocycles. The molecule has 0 saturated carbocycles. The molecule has 0 radical (unpaired) electrons. The maximum atomic E-state index is 5.67. The second-order valence-electron chi connectivity index (χ2n) is 3.16. The van der Waals surface area contributed by atoms with Crippen LogP contribution >= 0.6 is 27.5 Å². The molecule has 0 amide bonds. The SMILES string of the molecule is COc1ccc(Br)cc1-c1cc(CCl)no1. The molecule has 0 atom stereocenters. The number of aromatic nitrogens is 1. The van der Waals surface area contributed by atoms with Crippen LogP contribution in [0.3, 0.4) is 0 Å². The summed E-state index contributed by atoms with van der Waals surface area (Å²) in [5.74, 6) is 1.72. The second kappa shape index (κ2) is 4.89. The summed E-state index contributed by atoms with van der Waals surface area (Å²) in [6.07, 6.45) is 0. The van der Waals surface area contributed by atoms with Gasteiger partial charge < -0.3 is 9.26 Å². The fourth-order valence-corrected chi connectivity index (χ4v) is 1.86. The normalized spacial score (nSPS) is 10.4. The van der Waals surface area contributed by atoms with Gasteiger partial charge in [0.15, 0.2) is 5.76 Å². The van der Waals surface area contributed by atoms with E-state index in [-0.39, 0.29) is 0 Å². The maximum Gasteiger partial charge on any atom is 0.170 e. The molecule has 2 rings (SSSR count). The lowest BCUT2D eigenvalue weighted by Crippen LogP contribution is -1.86. The number of nitrogens with zero attached hydrogens (tertiary/aromatic N) is 1. The van der Waals surface area contributed by atoms with Gasteiger partial charge in [0.25, 0.3) is 0 Å². The number of ether oxygens (including phenoxy) is 1. The van der Waals surface area contributed by atoms with Gasteiger partial charge in [-0.1, -0.05) is 21.1 Å². The highest BCUT2D eigenvalue weighted by Gasteiger charge is 2.11. The van der Waals surface area contributed by atoms with Crippen LogP contribution in [0.15, 0.2) is 33.3 Å². The van der Waals surface area contributed by atoms with Gasteiger partial charge in [-0.25, -0.2) is 0 Å². The number of hydrogen-bond acceptors (Lipinski definition) is 3. The quantitative estimate of drug-likeness (QED) is 0.808. The van der Waals surface area contributed by atoms with Crippen molar-refractivity contribution in [3.05, 3.63) is 34.4 Å². The summed E-state index contributed by atoms with van der Waals surface area (Å²) >= 11 is 9.07. The van der Waals surface area contributed by atoms with Gasteiger partial charge in [0.1, 0.15) is 5.75 Å². The fraction of sp³-hybridized carbons (Fsp3) is 0.182. The predicted octanol–water partition coefficient (Wildman–Crippen LogP) is 3.85. The molecule has 0 N–H and O–H groups in total. The van der Waals surface area contributed by atoms with Crippen molar-refractivity contribution < 1.29 is 9.26 Å². The van der Waals surface area contributed by atoms with Crippen molar-refractivity contribution in [2.75, 3.05) is 7.11 Å². The van der Waals surface area contributed by atoms with Crippen LogP contribution in [0.2, 0.25) is 0 Å². The Morgan fingerprint density at radius 1 is 1.44 bits per heavy atom. The first-order chi connectivity index (χ1) is 7.74. The van der Waals surface area contributed by atoms with Crippen molar-refractivity contribution >= 4 is 27.5 Å². The minimum absolute atomic E-state index is 0.333. The highest BCUT2D eigenvalue weighted by atomic mass is 79.9. The molecule has 0 fully saturated rings. The van der Waals surface area contributed by atoms with Crippen LogP contribution in [-0.4, -0.2) is 12.3 Å². The van der Waals surface area contributed by atoms with Crippen LogP contribution in [0.5, 0.6) is 5.75 Å². The van der Waals surface area contributed by atoms with Gasteiger partial charge >= 0.3 is 0 Å². The van der Waals surface area contributed by atoms with E-state index in [9.17, 15) is 0 Å². The van der Waals surface area contributed by atoms with E-state index in [0.717, 1.165) is 15.8 Å². The van der Waals surface area contributed by atoms with Crippen molar-refractivity contribution in [2.45, 2.75) is 5.88 Å². The maximum absolute atomic E-state index is 5.67. The van der Waals surface area contributed by atoms with Gasteiger partial charge in [-0.05, 0) is 18.2 Å². The molecule has 0 bridgehead atoms. The van der Waals surface area contributed by atoms with E-state index in [0.29, 0.717) is 17.3 Å².